The van der Waals surface area contributed by atoms with Gasteiger partial charge < -0.3 is 10.6 Å². The van der Waals surface area contributed by atoms with Gasteiger partial charge in [-0.25, -0.2) is 0 Å². The number of ketones is 1. The lowest BCUT2D eigenvalue weighted by Crippen LogP contribution is -2.24. The molecule has 0 aliphatic carbocycles. The maximum absolute atomic E-state index is 12.4. The van der Waals surface area contributed by atoms with Gasteiger partial charge in [-0.3, -0.25) is 14.4 Å². The summed E-state index contributed by atoms with van der Waals surface area (Å²) in [4.78, 5) is 36.0. The first-order valence-electron chi connectivity index (χ1n) is 8.94. The van der Waals surface area contributed by atoms with E-state index in [1.165, 1.54) is 18.7 Å². The number of thioether (sulfide) groups is 1. The van der Waals surface area contributed by atoms with E-state index in [0.717, 1.165) is 24.1 Å². The number of fused-ring (bicyclic) bond motifs is 1. The zero-order valence-corrected chi connectivity index (χ0v) is 16.0. The molecule has 5 nitrogen and oxygen atoms in total. The maximum atomic E-state index is 12.4. The van der Waals surface area contributed by atoms with Crippen molar-refractivity contribution in [2.45, 2.75) is 31.4 Å². The molecular weight excluding hydrogens is 360 g/mol. The Labute approximate surface area is 162 Å². The number of nitrogens with one attached hydrogen (secondary N) is 2. The lowest BCUT2D eigenvalue weighted by Gasteiger charge is -2.13. The van der Waals surface area contributed by atoms with E-state index < -0.39 is 0 Å². The predicted octanol–water partition coefficient (Wildman–Crippen LogP) is 3.90. The summed E-state index contributed by atoms with van der Waals surface area (Å²) in [5.41, 5.74) is 3.21. The summed E-state index contributed by atoms with van der Waals surface area (Å²) in [5, 5.41) is 5.62. The lowest BCUT2D eigenvalue weighted by molar-refractivity contribution is -0.116. The van der Waals surface area contributed by atoms with Gasteiger partial charge in [0, 0.05) is 29.1 Å². The van der Waals surface area contributed by atoms with Crippen LogP contribution in [0, 0.1) is 0 Å². The van der Waals surface area contributed by atoms with Gasteiger partial charge >= 0.3 is 0 Å². The quantitative estimate of drug-likeness (QED) is 0.743. The molecule has 0 aromatic heterocycles. The van der Waals surface area contributed by atoms with Crippen LogP contribution >= 0.6 is 11.8 Å². The van der Waals surface area contributed by atoms with E-state index in [0.29, 0.717) is 23.4 Å². The van der Waals surface area contributed by atoms with Crippen LogP contribution in [0.5, 0.6) is 0 Å². The van der Waals surface area contributed by atoms with Crippen LogP contribution < -0.4 is 10.6 Å². The lowest BCUT2D eigenvalue weighted by atomic mass is 10.1. The van der Waals surface area contributed by atoms with E-state index in [2.05, 4.69) is 10.6 Å². The second-order valence-corrected chi connectivity index (χ2v) is 7.79. The van der Waals surface area contributed by atoms with Gasteiger partial charge in [0.2, 0.25) is 11.8 Å². The fraction of sp³-hybridized carbons (Fsp3) is 0.286. The number of amides is 2. The fourth-order valence-corrected chi connectivity index (χ4v) is 4.07. The Kier molecular flexibility index (Phi) is 6.29. The third-order valence-electron chi connectivity index (χ3n) is 4.44. The summed E-state index contributed by atoms with van der Waals surface area (Å²) in [7, 11) is 0. The molecule has 0 spiro atoms. The molecule has 1 aliphatic heterocycles. The fourth-order valence-electron chi connectivity index (χ4n) is 2.98. The third-order valence-corrected chi connectivity index (χ3v) is 5.74. The average Bonchev–Trinajstić information content (AvgIpc) is 2.80. The predicted molar refractivity (Wildman–Crippen MR) is 109 cm³/mol. The first-order valence-corrected chi connectivity index (χ1v) is 9.99. The molecule has 140 valence electrons. The summed E-state index contributed by atoms with van der Waals surface area (Å²) in [6.45, 7) is 1.49. The van der Waals surface area contributed by atoms with Gasteiger partial charge in [-0.1, -0.05) is 30.3 Å². The molecule has 0 bridgehead atoms. The number of hydrogen-bond acceptors (Lipinski definition) is 4. The topological polar surface area (TPSA) is 75.3 Å². The van der Waals surface area contributed by atoms with Crippen molar-refractivity contribution in [2.75, 3.05) is 16.4 Å². The number of para-hydroxylation sites is 1. The van der Waals surface area contributed by atoms with Gasteiger partial charge in [-0.15, -0.1) is 11.8 Å². The van der Waals surface area contributed by atoms with Crippen molar-refractivity contribution in [3.63, 3.8) is 0 Å². The van der Waals surface area contributed by atoms with Gasteiger partial charge in [0.25, 0.3) is 0 Å². The van der Waals surface area contributed by atoms with Gasteiger partial charge in [0.1, 0.15) is 0 Å². The second-order valence-electron chi connectivity index (χ2n) is 6.48. The molecule has 0 saturated carbocycles. The van der Waals surface area contributed by atoms with Crippen molar-refractivity contribution in [3.8, 4) is 0 Å². The van der Waals surface area contributed by atoms with Gasteiger partial charge in [0.15, 0.2) is 5.78 Å². The number of hydrogen-bond donors (Lipinski definition) is 2. The number of Topliss-reactive ketones (excluding diaryl/α,β-unsaturated/α-hetero) is 1. The number of rotatable bonds is 6. The zero-order chi connectivity index (χ0) is 19.2. The average molecular weight is 382 g/mol. The van der Waals surface area contributed by atoms with Crippen LogP contribution in [0.1, 0.15) is 35.7 Å². The van der Waals surface area contributed by atoms with E-state index in [1.807, 2.05) is 24.3 Å². The first kappa shape index (κ1) is 19.2. The number of anilines is 2. The Morgan fingerprint density at radius 2 is 2.00 bits per heavy atom. The number of benzene rings is 2. The van der Waals surface area contributed by atoms with Crippen LogP contribution in [0.25, 0.3) is 0 Å². The summed E-state index contributed by atoms with van der Waals surface area (Å²) in [6.07, 6.45) is 1.91. The van der Waals surface area contributed by atoms with Crippen LogP contribution in [0.2, 0.25) is 0 Å². The Hall–Kier alpha value is -2.60. The number of aryl methyl sites for hydroxylation is 1. The molecule has 2 aromatic rings. The largest absolute Gasteiger partial charge is 0.326 e. The summed E-state index contributed by atoms with van der Waals surface area (Å²) in [6, 6.07) is 14.7. The molecule has 0 unspecified atom stereocenters. The Balaban J connectivity index is 1.48. The molecule has 27 heavy (non-hydrogen) atoms. The molecule has 3 rings (SSSR count). The normalized spacial score (nSPS) is 16.0. The van der Waals surface area contributed by atoms with Crippen LogP contribution in [0.15, 0.2) is 48.5 Å². The van der Waals surface area contributed by atoms with E-state index in [-0.39, 0.29) is 22.8 Å². The molecule has 0 fully saturated rings. The minimum Gasteiger partial charge on any atom is -0.326 e. The Morgan fingerprint density at radius 1 is 1.19 bits per heavy atom. The molecule has 0 saturated heterocycles. The van der Waals surface area contributed by atoms with Crippen LogP contribution in [0.3, 0.4) is 0 Å². The van der Waals surface area contributed by atoms with Crippen molar-refractivity contribution in [2.24, 2.45) is 0 Å². The monoisotopic (exact) mass is 382 g/mol. The highest BCUT2D eigenvalue weighted by atomic mass is 32.2. The maximum Gasteiger partial charge on any atom is 0.237 e. The van der Waals surface area contributed by atoms with Crippen molar-refractivity contribution in [3.05, 3.63) is 59.7 Å². The molecule has 6 heteroatoms. The van der Waals surface area contributed by atoms with E-state index in [9.17, 15) is 14.4 Å². The minimum atomic E-state index is -0.161. The highest BCUT2D eigenvalue weighted by Crippen LogP contribution is 2.27. The van der Waals surface area contributed by atoms with E-state index >= 15 is 0 Å². The molecule has 1 atom stereocenters. The SMILES string of the molecule is CC(=O)c1cccc(NC(=O)CCS[C@@H]2CCc3ccccc3NC2=O)c1. The molecule has 1 aliphatic rings. The highest BCUT2D eigenvalue weighted by Gasteiger charge is 2.23. The molecule has 2 amide bonds. The Bertz CT molecular complexity index is 866. The zero-order valence-electron chi connectivity index (χ0n) is 15.2. The first-order chi connectivity index (χ1) is 13.0. The van der Waals surface area contributed by atoms with Crippen LogP contribution in [-0.2, 0) is 16.0 Å². The molecule has 2 aromatic carbocycles. The minimum absolute atomic E-state index is 0.000447. The third kappa shape index (κ3) is 5.20. The van der Waals surface area contributed by atoms with Gasteiger partial charge in [-0.2, -0.15) is 0 Å². The van der Waals surface area contributed by atoms with Crippen LogP contribution in [0.4, 0.5) is 11.4 Å². The van der Waals surface area contributed by atoms with Crippen LogP contribution in [-0.4, -0.2) is 28.6 Å². The second kappa shape index (κ2) is 8.86. The summed E-state index contributed by atoms with van der Waals surface area (Å²) >= 11 is 1.51. The standard InChI is InChI=1S/C21H22N2O3S/c1-14(24)16-6-4-7-17(13-16)22-20(25)11-12-27-19-10-9-15-5-2-3-8-18(15)23-21(19)26/h2-8,13,19H,9-12H2,1H3,(H,22,25)(H,23,26)/t19-/m1/s1. The van der Waals surface area contributed by atoms with E-state index in [4.69, 9.17) is 0 Å². The van der Waals surface area contributed by atoms with Gasteiger partial charge in [-0.05, 0) is 43.5 Å². The summed E-state index contributed by atoms with van der Waals surface area (Å²) < 4.78 is 0. The number of carbonyl (C=O) groups excluding carboxylic acids is 3. The molecular formula is C21H22N2O3S. The van der Waals surface area contributed by atoms with Crippen molar-refractivity contribution >= 4 is 40.7 Å². The molecule has 2 N–H and O–H groups in total. The van der Waals surface area contributed by atoms with E-state index in [1.54, 1.807) is 24.3 Å². The highest BCUT2D eigenvalue weighted by molar-refractivity contribution is 8.00. The molecule has 0 radical (unpaired) electrons. The van der Waals surface area contributed by atoms with Crippen molar-refractivity contribution in [1.82, 2.24) is 0 Å². The van der Waals surface area contributed by atoms with Crippen molar-refractivity contribution < 1.29 is 14.4 Å². The Morgan fingerprint density at radius 3 is 2.81 bits per heavy atom. The smallest absolute Gasteiger partial charge is 0.237 e. The molecule has 1 heterocycles. The summed E-state index contributed by atoms with van der Waals surface area (Å²) in [5.74, 6) is 0.397. The van der Waals surface area contributed by atoms with Gasteiger partial charge in [0.05, 0.1) is 5.25 Å². The van der Waals surface area contributed by atoms with Crippen molar-refractivity contribution in [1.29, 1.82) is 0 Å². The number of carbonyl (C=O) groups is 3.